The van der Waals surface area contributed by atoms with Crippen LogP contribution in [0.1, 0.15) is 40.0 Å². The van der Waals surface area contributed by atoms with Crippen LogP contribution in [0.5, 0.6) is 11.5 Å². The van der Waals surface area contributed by atoms with Gasteiger partial charge in [0.15, 0.2) is 5.76 Å². The predicted molar refractivity (Wildman–Crippen MR) is 112 cm³/mol. The van der Waals surface area contributed by atoms with Crippen molar-refractivity contribution >= 4 is 11.9 Å². The molecule has 4 nitrogen and oxygen atoms in total. The summed E-state index contributed by atoms with van der Waals surface area (Å²) in [5, 5.41) is 0. The van der Waals surface area contributed by atoms with Crippen molar-refractivity contribution in [3.8, 4) is 11.5 Å². The number of carbonyl (C=O) groups is 1. The zero-order valence-electron chi connectivity index (χ0n) is 16.5. The van der Waals surface area contributed by atoms with Gasteiger partial charge < -0.3 is 9.47 Å². The lowest BCUT2D eigenvalue weighted by atomic mass is 10.0. The van der Waals surface area contributed by atoms with Crippen LogP contribution in [-0.2, 0) is 6.54 Å². The SMILES string of the molecule is CC(c1ccccc1)N1COc2ccc3c(c2C1)O/C(=C\c1ccccc1F)C3=O. The molecule has 0 bridgehead atoms. The molecule has 0 N–H and O–H groups in total. The second-order valence-corrected chi connectivity index (χ2v) is 7.49. The number of allylic oxidation sites excluding steroid dienone is 1. The quantitative estimate of drug-likeness (QED) is 0.554. The number of nitrogens with zero attached hydrogens (tertiary/aromatic N) is 1. The molecule has 0 aliphatic carbocycles. The topological polar surface area (TPSA) is 38.8 Å². The molecule has 0 fully saturated rings. The first-order valence-electron chi connectivity index (χ1n) is 9.88. The Hall–Kier alpha value is -3.44. The van der Waals surface area contributed by atoms with Crippen LogP contribution >= 0.6 is 0 Å². The first-order chi connectivity index (χ1) is 14.6. The Labute approximate surface area is 174 Å². The van der Waals surface area contributed by atoms with E-state index in [-0.39, 0.29) is 17.6 Å². The van der Waals surface area contributed by atoms with Crippen LogP contribution in [0.2, 0.25) is 0 Å². The number of ether oxygens (including phenoxy) is 2. The average molecular weight is 401 g/mol. The summed E-state index contributed by atoms with van der Waals surface area (Å²) in [6, 6.07) is 20.2. The highest BCUT2D eigenvalue weighted by atomic mass is 19.1. The molecular weight excluding hydrogens is 381 g/mol. The third kappa shape index (κ3) is 3.17. The Kier molecular flexibility index (Phi) is 4.60. The first-order valence-corrected chi connectivity index (χ1v) is 9.88. The maximum atomic E-state index is 14.0. The van der Waals surface area contributed by atoms with Crippen LogP contribution in [0, 0.1) is 5.82 Å². The third-order valence-electron chi connectivity index (χ3n) is 5.67. The van der Waals surface area contributed by atoms with Gasteiger partial charge in [0.2, 0.25) is 5.78 Å². The molecule has 0 aromatic heterocycles. The van der Waals surface area contributed by atoms with E-state index >= 15 is 0 Å². The molecule has 3 aromatic carbocycles. The largest absolute Gasteiger partial charge is 0.478 e. The van der Waals surface area contributed by atoms with E-state index in [4.69, 9.17) is 9.47 Å². The third-order valence-corrected chi connectivity index (χ3v) is 5.67. The second kappa shape index (κ2) is 7.43. The molecule has 1 atom stereocenters. The summed E-state index contributed by atoms with van der Waals surface area (Å²) in [6.07, 6.45) is 1.46. The molecule has 0 saturated carbocycles. The summed E-state index contributed by atoms with van der Waals surface area (Å²) < 4.78 is 26.0. The first kappa shape index (κ1) is 18.6. The highest BCUT2D eigenvalue weighted by molar-refractivity contribution is 6.15. The number of rotatable bonds is 3. The molecule has 2 aliphatic rings. The van der Waals surface area contributed by atoms with Crippen LogP contribution in [0.4, 0.5) is 4.39 Å². The van der Waals surface area contributed by atoms with Gasteiger partial charge in [-0.1, -0.05) is 48.5 Å². The lowest BCUT2D eigenvalue weighted by Crippen LogP contribution is -2.34. The van der Waals surface area contributed by atoms with Gasteiger partial charge in [-0.3, -0.25) is 9.69 Å². The Morgan fingerprint density at radius 3 is 2.60 bits per heavy atom. The van der Waals surface area contributed by atoms with Crippen molar-refractivity contribution in [3.05, 3.63) is 101 Å². The molecule has 1 unspecified atom stereocenters. The van der Waals surface area contributed by atoms with Gasteiger partial charge in [-0.2, -0.15) is 0 Å². The molecule has 30 heavy (non-hydrogen) atoms. The number of fused-ring (bicyclic) bond motifs is 3. The molecule has 3 aromatic rings. The fourth-order valence-corrected chi connectivity index (χ4v) is 3.90. The van der Waals surface area contributed by atoms with E-state index in [0.717, 1.165) is 5.56 Å². The van der Waals surface area contributed by atoms with Gasteiger partial charge in [0.05, 0.1) is 11.1 Å². The Bertz CT molecular complexity index is 1160. The lowest BCUT2D eigenvalue weighted by Gasteiger charge is -2.34. The van der Waals surface area contributed by atoms with Crippen molar-refractivity contribution in [1.29, 1.82) is 0 Å². The van der Waals surface area contributed by atoms with Crippen molar-refractivity contribution in [2.75, 3.05) is 6.73 Å². The summed E-state index contributed by atoms with van der Waals surface area (Å²) in [7, 11) is 0. The van der Waals surface area contributed by atoms with Crippen LogP contribution in [-0.4, -0.2) is 17.4 Å². The highest BCUT2D eigenvalue weighted by Crippen LogP contribution is 2.43. The van der Waals surface area contributed by atoms with Crippen molar-refractivity contribution < 1.29 is 18.7 Å². The van der Waals surface area contributed by atoms with Gasteiger partial charge in [0.25, 0.3) is 0 Å². The van der Waals surface area contributed by atoms with Crippen molar-refractivity contribution in [2.45, 2.75) is 19.5 Å². The molecule has 2 aliphatic heterocycles. The summed E-state index contributed by atoms with van der Waals surface area (Å²) >= 11 is 0. The monoisotopic (exact) mass is 401 g/mol. The molecule has 150 valence electrons. The van der Waals surface area contributed by atoms with E-state index in [1.54, 1.807) is 24.3 Å². The van der Waals surface area contributed by atoms with E-state index < -0.39 is 5.82 Å². The zero-order valence-corrected chi connectivity index (χ0v) is 16.5. The minimum Gasteiger partial charge on any atom is -0.478 e. The predicted octanol–water partition coefficient (Wildman–Crippen LogP) is 5.36. The molecular formula is C25H20FNO3. The average Bonchev–Trinajstić information content (AvgIpc) is 3.11. The summed E-state index contributed by atoms with van der Waals surface area (Å²) in [4.78, 5) is 15.0. The molecule has 0 radical (unpaired) electrons. The Balaban J connectivity index is 1.47. The van der Waals surface area contributed by atoms with E-state index in [1.165, 1.54) is 17.7 Å². The second-order valence-electron chi connectivity index (χ2n) is 7.49. The Morgan fingerprint density at radius 1 is 1.03 bits per heavy atom. The van der Waals surface area contributed by atoms with Crippen LogP contribution < -0.4 is 9.47 Å². The number of ketones is 1. The van der Waals surface area contributed by atoms with Gasteiger partial charge in [-0.25, -0.2) is 4.39 Å². The molecule has 0 amide bonds. The van der Waals surface area contributed by atoms with E-state index in [2.05, 4.69) is 24.0 Å². The minimum absolute atomic E-state index is 0.122. The number of carbonyl (C=O) groups excluding carboxylic acids is 1. The van der Waals surface area contributed by atoms with Crippen molar-refractivity contribution in [2.24, 2.45) is 0 Å². The normalized spacial score (nSPS) is 17.8. The van der Waals surface area contributed by atoms with Gasteiger partial charge in [-0.05, 0) is 36.8 Å². The molecule has 0 saturated heterocycles. The van der Waals surface area contributed by atoms with Crippen LogP contribution in [0.3, 0.4) is 0 Å². The maximum Gasteiger partial charge on any atom is 0.231 e. The summed E-state index contributed by atoms with van der Waals surface area (Å²) in [6.45, 7) is 3.17. The standard InChI is InChI=1S/C25H20FNO3/c1-16(17-7-3-2-4-8-17)27-14-20-22(29-15-27)12-11-19-24(28)23(30-25(19)20)13-18-9-5-6-10-21(18)26/h2-13,16H,14-15H2,1H3/b23-13-. The fourth-order valence-electron chi connectivity index (χ4n) is 3.90. The fraction of sp³-hybridized carbons (Fsp3) is 0.160. The Morgan fingerprint density at radius 2 is 1.80 bits per heavy atom. The van der Waals surface area contributed by atoms with Gasteiger partial charge in [0, 0.05) is 18.2 Å². The lowest BCUT2D eigenvalue weighted by molar-refractivity contribution is 0.0606. The summed E-state index contributed by atoms with van der Waals surface area (Å²) in [5.74, 6) is 0.696. The molecule has 2 heterocycles. The van der Waals surface area contributed by atoms with E-state index in [1.807, 2.05) is 24.3 Å². The number of halogens is 1. The molecule has 0 spiro atoms. The van der Waals surface area contributed by atoms with E-state index in [9.17, 15) is 9.18 Å². The zero-order chi connectivity index (χ0) is 20.7. The van der Waals surface area contributed by atoms with Crippen molar-refractivity contribution in [1.82, 2.24) is 4.90 Å². The van der Waals surface area contributed by atoms with Crippen LogP contribution in [0.15, 0.2) is 72.5 Å². The minimum atomic E-state index is -0.398. The smallest absolute Gasteiger partial charge is 0.231 e. The number of benzene rings is 3. The maximum absolute atomic E-state index is 14.0. The van der Waals surface area contributed by atoms with Gasteiger partial charge in [-0.15, -0.1) is 0 Å². The number of hydrogen-bond donors (Lipinski definition) is 0. The van der Waals surface area contributed by atoms with E-state index in [0.29, 0.717) is 35.9 Å². The van der Waals surface area contributed by atoms with Crippen molar-refractivity contribution in [3.63, 3.8) is 0 Å². The van der Waals surface area contributed by atoms with Gasteiger partial charge >= 0.3 is 0 Å². The summed E-state index contributed by atoms with van der Waals surface area (Å²) in [5.41, 5.74) is 2.83. The highest BCUT2D eigenvalue weighted by Gasteiger charge is 2.34. The van der Waals surface area contributed by atoms with Gasteiger partial charge in [0.1, 0.15) is 24.0 Å². The molecule has 5 heteroatoms. The number of hydrogen-bond acceptors (Lipinski definition) is 4. The number of Topliss-reactive ketones (excluding diaryl/α,β-unsaturated/α-hetero) is 1. The molecule has 5 rings (SSSR count). The van der Waals surface area contributed by atoms with Crippen LogP contribution in [0.25, 0.3) is 6.08 Å².